The molecule has 0 aromatic carbocycles. The Bertz CT molecular complexity index is 209. The first kappa shape index (κ1) is 8.28. The van der Waals surface area contributed by atoms with Crippen LogP contribution >= 0.6 is 0 Å². The summed E-state index contributed by atoms with van der Waals surface area (Å²) < 4.78 is 0. The third-order valence-electron chi connectivity index (χ3n) is 1.81. The molecule has 0 fully saturated rings. The zero-order valence-electron chi connectivity index (χ0n) is 6.88. The van der Waals surface area contributed by atoms with Crippen molar-refractivity contribution in [3.05, 3.63) is 36.5 Å². The summed E-state index contributed by atoms with van der Waals surface area (Å²) in [5, 5.41) is 9.50. The molecule has 0 aliphatic heterocycles. The molecule has 0 saturated heterocycles. The third-order valence-corrected chi connectivity index (χ3v) is 1.81. The summed E-state index contributed by atoms with van der Waals surface area (Å²) in [7, 11) is 0. The van der Waals surface area contributed by atoms with Gasteiger partial charge in [-0.15, -0.1) is 6.58 Å². The van der Waals surface area contributed by atoms with Crippen LogP contribution in [0, 0.1) is 0 Å². The quantitative estimate of drug-likeness (QED) is 0.598. The average Bonchev–Trinajstić information content (AvgIpc) is 1.94. The first-order valence-electron chi connectivity index (χ1n) is 3.85. The van der Waals surface area contributed by atoms with Gasteiger partial charge in [0.2, 0.25) is 0 Å². The summed E-state index contributed by atoms with van der Waals surface area (Å²) in [5.41, 5.74) is 0.608. The summed E-state index contributed by atoms with van der Waals surface area (Å²) in [6.07, 6.45) is 9.34. The Morgan fingerprint density at radius 3 is 3.00 bits per heavy atom. The molecule has 0 radical (unpaired) electrons. The van der Waals surface area contributed by atoms with Crippen molar-refractivity contribution in [1.82, 2.24) is 0 Å². The molecule has 1 unspecified atom stereocenters. The van der Waals surface area contributed by atoms with Crippen LogP contribution in [0.3, 0.4) is 0 Å². The summed E-state index contributed by atoms with van der Waals surface area (Å²) >= 11 is 0. The van der Waals surface area contributed by atoms with Crippen molar-refractivity contribution in [2.45, 2.75) is 25.4 Å². The van der Waals surface area contributed by atoms with Gasteiger partial charge in [0, 0.05) is 0 Å². The maximum absolute atomic E-state index is 9.50. The molecule has 0 bridgehead atoms. The second-order valence-corrected chi connectivity index (χ2v) is 3.17. The second kappa shape index (κ2) is 3.05. The molecule has 1 aliphatic carbocycles. The van der Waals surface area contributed by atoms with E-state index in [1.165, 1.54) is 5.57 Å². The van der Waals surface area contributed by atoms with Gasteiger partial charge >= 0.3 is 0 Å². The van der Waals surface area contributed by atoms with Crippen molar-refractivity contribution < 1.29 is 5.11 Å². The van der Waals surface area contributed by atoms with Gasteiger partial charge in [0.05, 0.1) is 5.60 Å². The largest absolute Gasteiger partial charge is 0.386 e. The fourth-order valence-corrected chi connectivity index (χ4v) is 1.08. The summed E-state index contributed by atoms with van der Waals surface area (Å²) in [4.78, 5) is 0. The van der Waals surface area contributed by atoms with Crippen molar-refractivity contribution in [2.24, 2.45) is 0 Å². The Labute approximate surface area is 67.7 Å². The van der Waals surface area contributed by atoms with Crippen LogP contribution in [0.4, 0.5) is 0 Å². The van der Waals surface area contributed by atoms with E-state index in [9.17, 15) is 5.11 Å². The third kappa shape index (κ3) is 2.35. The van der Waals surface area contributed by atoms with Gasteiger partial charge in [-0.1, -0.05) is 24.3 Å². The molecule has 1 N–H and O–H groups in total. The maximum Gasteiger partial charge on any atom is 0.0837 e. The van der Waals surface area contributed by atoms with Crippen molar-refractivity contribution in [3.63, 3.8) is 0 Å². The summed E-state index contributed by atoms with van der Waals surface area (Å²) in [6.45, 7) is 5.46. The van der Waals surface area contributed by atoms with Crippen molar-refractivity contribution in [1.29, 1.82) is 0 Å². The molecule has 0 saturated carbocycles. The lowest BCUT2D eigenvalue weighted by Gasteiger charge is -2.20. The molecule has 0 amide bonds. The first-order chi connectivity index (χ1) is 5.14. The minimum Gasteiger partial charge on any atom is -0.386 e. The van der Waals surface area contributed by atoms with E-state index in [4.69, 9.17) is 0 Å². The zero-order valence-corrected chi connectivity index (χ0v) is 6.88. The molecule has 1 atom stereocenters. The number of hydrogen-bond donors (Lipinski definition) is 1. The van der Waals surface area contributed by atoms with Gasteiger partial charge in [-0.05, 0) is 25.3 Å². The molecule has 1 heteroatoms. The lowest BCUT2D eigenvalue weighted by atomic mass is 9.93. The normalized spacial score (nSPS) is 29.8. The molecule has 0 spiro atoms. The fraction of sp³-hybridized carbons (Fsp3) is 0.400. The van der Waals surface area contributed by atoms with Gasteiger partial charge in [-0.25, -0.2) is 0 Å². The minimum atomic E-state index is -0.634. The highest BCUT2D eigenvalue weighted by Gasteiger charge is 2.17. The molecule has 0 aromatic heterocycles. The predicted molar refractivity (Wildman–Crippen MR) is 47.3 cm³/mol. The van der Waals surface area contributed by atoms with Gasteiger partial charge in [0.25, 0.3) is 0 Å². The van der Waals surface area contributed by atoms with Crippen LogP contribution in [-0.2, 0) is 0 Å². The lowest BCUT2D eigenvalue weighted by molar-refractivity contribution is 0.113. The van der Waals surface area contributed by atoms with E-state index in [-0.39, 0.29) is 0 Å². The Morgan fingerprint density at radius 2 is 2.55 bits per heavy atom. The van der Waals surface area contributed by atoms with Gasteiger partial charge < -0.3 is 5.11 Å². The number of rotatable bonds is 2. The molecule has 60 valence electrons. The van der Waals surface area contributed by atoms with Crippen LogP contribution in [0.5, 0.6) is 0 Å². The zero-order chi connectivity index (χ0) is 8.32. The second-order valence-electron chi connectivity index (χ2n) is 3.17. The van der Waals surface area contributed by atoms with Crippen LogP contribution in [0.1, 0.15) is 19.8 Å². The van der Waals surface area contributed by atoms with Crippen LogP contribution < -0.4 is 0 Å². The van der Waals surface area contributed by atoms with Gasteiger partial charge in [-0.2, -0.15) is 0 Å². The molecule has 1 nitrogen and oxygen atoms in total. The van der Waals surface area contributed by atoms with Crippen LogP contribution in [0.15, 0.2) is 36.5 Å². The Hall–Kier alpha value is -0.820. The fourth-order valence-electron chi connectivity index (χ4n) is 1.08. The molecule has 11 heavy (non-hydrogen) atoms. The maximum atomic E-state index is 9.50. The highest BCUT2D eigenvalue weighted by molar-refractivity contribution is 5.28. The molecule has 1 rings (SSSR count). The topological polar surface area (TPSA) is 20.2 Å². The van der Waals surface area contributed by atoms with Crippen molar-refractivity contribution in [2.75, 3.05) is 0 Å². The predicted octanol–water partition coefficient (Wildman–Crippen LogP) is 2.20. The average molecular weight is 150 g/mol. The van der Waals surface area contributed by atoms with Gasteiger partial charge in [0.15, 0.2) is 0 Å². The summed E-state index contributed by atoms with van der Waals surface area (Å²) in [5.74, 6) is 0. The van der Waals surface area contributed by atoms with Gasteiger partial charge in [0.1, 0.15) is 0 Å². The monoisotopic (exact) mass is 150 g/mol. The minimum absolute atomic E-state index is 0.634. The highest BCUT2D eigenvalue weighted by atomic mass is 16.3. The number of aliphatic hydroxyl groups is 1. The standard InChI is InChI=1S/C10H14O/c1-3-4-9-5-7-10(2,11)8-6-9/h3,5-7,11H,1,4,8H2,2H3. The van der Waals surface area contributed by atoms with Gasteiger partial charge in [-0.3, -0.25) is 0 Å². The van der Waals surface area contributed by atoms with Crippen molar-refractivity contribution >= 4 is 0 Å². The van der Waals surface area contributed by atoms with Crippen LogP contribution in [0.2, 0.25) is 0 Å². The molecular weight excluding hydrogens is 136 g/mol. The van der Waals surface area contributed by atoms with E-state index in [1.54, 1.807) is 0 Å². The van der Waals surface area contributed by atoms with E-state index in [2.05, 4.69) is 12.7 Å². The van der Waals surface area contributed by atoms with Crippen LogP contribution in [0.25, 0.3) is 0 Å². The van der Waals surface area contributed by atoms with Crippen molar-refractivity contribution in [3.8, 4) is 0 Å². The highest BCUT2D eigenvalue weighted by Crippen LogP contribution is 2.21. The Morgan fingerprint density at radius 1 is 1.82 bits per heavy atom. The lowest BCUT2D eigenvalue weighted by Crippen LogP contribution is -2.21. The van der Waals surface area contributed by atoms with Crippen LogP contribution in [-0.4, -0.2) is 10.7 Å². The molecule has 1 aliphatic rings. The first-order valence-corrected chi connectivity index (χ1v) is 3.85. The van der Waals surface area contributed by atoms with E-state index in [0.29, 0.717) is 6.42 Å². The smallest absolute Gasteiger partial charge is 0.0837 e. The number of allylic oxidation sites excluding steroid dienone is 3. The molecule has 0 aromatic rings. The molecule has 0 heterocycles. The SMILES string of the molecule is C=CCC1=CCC(C)(O)C=C1. The van der Waals surface area contributed by atoms with E-state index in [1.807, 2.05) is 25.2 Å². The summed E-state index contributed by atoms with van der Waals surface area (Å²) in [6, 6.07) is 0. The van der Waals surface area contributed by atoms with E-state index >= 15 is 0 Å². The van der Waals surface area contributed by atoms with E-state index in [0.717, 1.165) is 6.42 Å². The van der Waals surface area contributed by atoms with E-state index < -0.39 is 5.60 Å². The molecular formula is C10H14O. The Kier molecular flexibility index (Phi) is 2.30. The Balaban J connectivity index is 2.59. The number of hydrogen-bond acceptors (Lipinski definition) is 1.